The van der Waals surface area contributed by atoms with Crippen molar-refractivity contribution in [1.82, 2.24) is 0 Å². The van der Waals surface area contributed by atoms with Gasteiger partial charge in [0.15, 0.2) is 0 Å². The summed E-state index contributed by atoms with van der Waals surface area (Å²) >= 11 is 0. The first-order chi connectivity index (χ1) is 7.97. The zero-order valence-electron chi connectivity index (χ0n) is 10.7. The van der Waals surface area contributed by atoms with Gasteiger partial charge in [0.05, 0.1) is 11.8 Å². The molecule has 0 fully saturated rings. The van der Waals surface area contributed by atoms with E-state index in [1.165, 1.54) is 6.07 Å². The average Bonchev–Trinajstić information content (AvgIpc) is 2.25. The lowest BCUT2D eigenvalue weighted by Gasteiger charge is -2.27. The Labute approximate surface area is 102 Å². The van der Waals surface area contributed by atoms with Crippen molar-refractivity contribution in [2.45, 2.75) is 26.9 Å². The normalized spacial score (nSPS) is 12.3. The van der Waals surface area contributed by atoms with Gasteiger partial charge in [0, 0.05) is 18.7 Å². The summed E-state index contributed by atoms with van der Waals surface area (Å²) in [4.78, 5) is 1.89. The van der Waals surface area contributed by atoms with Gasteiger partial charge in [0.2, 0.25) is 0 Å². The van der Waals surface area contributed by atoms with Crippen molar-refractivity contribution in [3.05, 3.63) is 41.7 Å². The fourth-order valence-corrected chi connectivity index (χ4v) is 1.88. The Morgan fingerprint density at radius 3 is 2.65 bits per heavy atom. The first-order valence-electron chi connectivity index (χ1n) is 5.83. The lowest BCUT2D eigenvalue weighted by atomic mass is 10.1. The number of hydrogen-bond acceptors (Lipinski definition) is 2. The predicted octanol–water partition coefficient (Wildman–Crippen LogP) is 3.28. The molecule has 0 spiro atoms. The van der Waals surface area contributed by atoms with Crippen molar-refractivity contribution in [2.75, 3.05) is 18.0 Å². The van der Waals surface area contributed by atoms with Crippen LogP contribution in [0.2, 0.25) is 0 Å². The molecule has 0 aliphatic heterocycles. The summed E-state index contributed by atoms with van der Waals surface area (Å²) in [6.45, 7) is 10.6. The van der Waals surface area contributed by atoms with E-state index in [9.17, 15) is 9.50 Å². The highest BCUT2D eigenvalue weighted by atomic mass is 19.1. The van der Waals surface area contributed by atoms with Crippen LogP contribution >= 0.6 is 0 Å². The largest absolute Gasteiger partial charge is 0.389 e. The van der Waals surface area contributed by atoms with Crippen molar-refractivity contribution in [2.24, 2.45) is 0 Å². The maximum Gasteiger partial charge on any atom is 0.146 e. The molecule has 0 aromatic heterocycles. The number of anilines is 1. The first kappa shape index (κ1) is 13.7. The van der Waals surface area contributed by atoms with Crippen LogP contribution in [0.25, 0.3) is 0 Å². The minimum absolute atomic E-state index is 0.300. The Morgan fingerprint density at radius 1 is 1.53 bits per heavy atom. The number of nitrogens with zero attached hydrogens (tertiary/aromatic N) is 1. The van der Waals surface area contributed by atoms with Crippen LogP contribution < -0.4 is 4.90 Å². The van der Waals surface area contributed by atoms with Crippen molar-refractivity contribution < 1.29 is 9.50 Å². The summed E-state index contributed by atoms with van der Waals surface area (Å²) in [7, 11) is 0. The number of para-hydroxylation sites is 1. The Bertz CT molecular complexity index is 401. The van der Waals surface area contributed by atoms with E-state index in [0.29, 0.717) is 24.3 Å². The molecule has 0 heterocycles. The molecular formula is C14H20FNO. The molecule has 94 valence electrons. The maximum atomic E-state index is 13.9. The molecule has 2 nitrogen and oxygen atoms in total. The van der Waals surface area contributed by atoms with Gasteiger partial charge in [-0.15, -0.1) is 0 Å². The Hall–Kier alpha value is -1.35. The number of likely N-dealkylation sites (N-methyl/N-ethyl adjacent to an activating group) is 1. The molecule has 17 heavy (non-hydrogen) atoms. The van der Waals surface area contributed by atoms with E-state index in [1.807, 2.05) is 18.7 Å². The van der Waals surface area contributed by atoms with Gasteiger partial charge in [-0.2, -0.15) is 0 Å². The minimum atomic E-state index is -0.681. The highest BCUT2D eigenvalue weighted by molar-refractivity contribution is 5.56. The molecule has 0 bridgehead atoms. The van der Waals surface area contributed by atoms with E-state index >= 15 is 0 Å². The zero-order chi connectivity index (χ0) is 13.0. The Kier molecular flexibility index (Phi) is 4.70. The van der Waals surface area contributed by atoms with Gasteiger partial charge in [-0.3, -0.25) is 0 Å². The molecule has 0 saturated carbocycles. The molecule has 0 radical (unpaired) electrons. The van der Waals surface area contributed by atoms with Gasteiger partial charge in [-0.1, -0.05) is 24.3 Å². The highest BCUT2D eigenvalue weighted by Gasteiger charge is 2.17. The van der Waals surface area contributed by atoms with Crippen LogP contribution in [0.15, 0.2) is 30.4 Å². The van der Waals surface area contributed by atoms with Gasteiger partial charge in [0.1, 0.15) is 5.82 Å². The van der Waals surface area contributed by atoms with Crippen LogP contribution in [0.4, 0.5) is 10.1 Å². The molecule has 1 aromatic carbocycles. The van der Waals surface area contributed by atoms with E-state index in [-0.39, 0.29) is 5.82 Å². The number of rotatable bonds is 5. The smallest absolute Gasteiger partial charge is 0.146 e. The third-order valence-electron chi connectivity index (χ3n) is 2.63. The molecule has 1 atom stereocenters. The van der Waals surface area contributed by atoms with Crippen LogP contribution in [-0.4, -0.2) is 18.2 Å². The van der Waals surface area contributed by atoms with Gasteiger partial charge < -0.3 is 10.0 Å². The molecule has 0 aliphatic carbocycles. The second-order valence-corrected chi connectivity index (χ2v) is 4.32. The van der Waals surface area contributed by atoms with Crippen LogP contribution in [0.3, 0.4) is 0 Å². The molecule has 3 heteroatoms. The van der Waals surface area contributed by atoms with Gasteiger partial charge >= 0.3 is 0 Å². The third kappa shape index (κ3) is 3.30. The molecule has 0 unspecified atom stereocenters. The SMILES string of the molecule is C=C(C)CN(CC)c1c(F)cccc1[C@H](C)O. The molecule has 1 N–H and O–H groups in total. The maximum absolute atomic E-state index is 13.9. The lowest BCUT2D eigenvalue weighted by Crippen LogP contribution is -2.27. The Morgan fingerprint density at radius 2 is 2.18 bits per heavy atom. The van der Waals surface area contributed by atoms with Crippen molar-refractivity contribution >= 4 is 5.69 Å². The van der Waals surface area contributed by atoms with E-state index in [0.717, 1.165) is 5.57 Å². The number of aliphatic hydroxyl groups excluding tert-OH is 1. The summed E-state index contributed by atoms with van der Waals surface area (Å²) < 4.78 is 13.9. The quantitative estimate of drug-likeness (QED) is 0.794. The van der Waals surface area contributed by atoms with E-state index in [1.54, 1.807) is 19.1 Å². The minimum Gasteiger partial charge on any atom is -0.389 e. The van der Waals surface area contributed by atoms with Crippen molar-refractivity contribution in [3.63, 3.8) is 0 Å². The molecule has 0 aliphatic rings. The van der Waals surface area contributed by atoms with Gasteiger partial charge in [-0.25, -0.2) is 4.39 Å². The van der Waals surface area contributed by atoms with E-state index < -0.39 is 6.10 Å². The topological polar surface area (TPSA) is 23.5 Å². The van der Waals surface area contributed by atoms with Crippen LogP contribution in [-0.2, 0) is 0 Å². The molecule has 1 aromatic rings. The molecule has 0 amide bonds. The van der Waals surface area contributed by atoms with Crippen LogP contribution in [0.1, 0.15) is 32.4 Å². The van der Waals surface area contributed by atoms with Crippen LogP contribution in [0.5, 0.6) is 0 Å². The number of halogens is 1. The summed E-state index contributed by atoms with van der Waals surface area (Å²) in [5.41, 5.74) is 2.06. The summed E-state index contributed by atoms with van der Waals surface area (Å²) in [6.07, 6.45) is -0.681. The number of benzene rings is 1. The standard InChI is InChI=1S/C14H20FNO/c1-5-16(9-10(2)3)14-12(11(4)17)7-6-8-13(14)15/h6-8,11,17H,2,5,9H2,1,3-4H3/t11-/m0/s1. The third-order valence-corrected chi connectivity index (χ3v) is 2.63. The second kappa shape index (κ2) is 5.82. The number of hydrogen-bond donors (Lipinski definition) is 1. The predicted molar refractivity (Wildman–Crippen MR) is 69.7 cm³/mol. The molecular weight excluding hydrogens is 217 g/mol. The van der Waals surface area contributed by atoms with Crippen molar-refractivity contribution in [3.8, 4) is 0 Å². The highest BCUT2D eigenvalue weighted by Crippen LogP contribution is 2.29. The van der Waals surface area contributed by atoms with Gasteiger partial charge in [0.25, 0.3) is 0 Å². The van der Waals surface area contributed by atoms with Gasteiger partial charge in [-0.05, 0) is 26.8 Å². The summed E-state index contributed by atoms with van der Waals surface area (Å²) in [5.74, 6) is -0.300. The fourth-order valence-electron chi connectivity index (χ4n) is 1.88. The average molecular weight is 237 g/mol. The molecule has 0 saturated heterocycles. The number of aliphatic hydroxyl groups is 1. The molecule has 1 rings (SSSR count). The van der Waals surface area contributed by atoms with Crippen LogP contribution in [0, 0.1) is 5.82 Å². The fraction of sp³-hybridized carbons (Fsp3) is 0.429. The van der Waals surface area contributed by atoms with Crippen molar-refractivity contribution in [1.29, 1.82) is 0 Å². The van der Waals surface area contributed by atoms with E-state index in [4.69, 9.17) is 0 Å². The summed E-state index contributed by atoms with van der Waals surface area (Å²) in [5, 5.41) is 9.69. The Balaban J connectivity index is 3.20. The zero-order valence-corrected chi connectivity index (χ0v) is 10.7. The monoisotopic (exact) mass is 237 g/mol. The second-order valence-electron chi connectivity index (χ2n) is 4.32. The first-order valence-corrected chi connectivity index (χ1v) is 5.83. The summed E-state index contributed by atoms with van der Waals surface area (Å²) in [6, 6.07) is 4.79. The van der Waals surface area contributed by atoms with E-state index in [2.05, 4.69) is 6.58 Å². The lowest BCUT2D eigenvalue weighted by molar-refractivity contribution is 0.199.